The van der Waals surface area contributed by atoms with E-state index in [9.17, 15) is 18.3 Å². The summed E-state index contributed by atoms with van der Waals surface area (Å²) in [5.41, 5.74) is 0.660. The van der Waals surface area contributed by atoms with Crippen molar-refractivity contribution in [3.8, 4) is 0 Å². The second-order valence-electron chi connectivity index (χ2n) is 5.43. The molecule has 1 saturated carbocycles. The maximum absolute atomic E-state index is 12.2. The van der Waals surface area contributed by atoms with Crippen LogP contribution in [0.3, 0.4) is 0 Å². The number of halogens is 1. The predicted molar refractivity (Wildman–Crippen MR) is 80.0 cm³/mol. The first-order valence-corrected chi connectivity index (χ1v) is 9.24. The molecule has 1 aromatic heterocycles. The topological polar surface area (TPSA) is 83.5 Å². The van der Waals surface area contributed by atoms with Crippen LogP contribution in [0.15, 0.2) is 28.0 Å². The van der Waals surface area contributed by atoms with Gasteiger partial charge in [-0.05, 0) is 48.8 Å². The Labute approximate surface area is 131 Å². The van der Waals surface area contributed by atoms with Crippen molar-refractivity contribution in [3.63, 3.8) is 0 Å². The molecule has 0 bridgehead atoms. The highest BCUT2D eigenvalue weighted by molar-refractivity contribution is 7.91. The van der Waals surface area contributed by atoms with Crippen molar-refractivity contribution in [3.05, 3.63) is 28.1 Å². The van der Waals surface area contributed by atoms with Crippen molar-refractivity contribution < 1.29 is 18.3 Å². The molecule has 1 heterocycles. The van der Waals surface area contributed by atoms with Crippen LogP contribution in [-0.2, 0) is 14.8 Å². The summed E-state index contributed by atoms with van der Waals surface area (Å²) in [6, 6.07) is 1.66. The zero-order chi connectivity index (χ0) is 15.2. The summed E-state index contributed by atoms with van der Waals surface area (Å²) in [6.07, 6.45) is 4.49. The highest BCUT2D eigenvalue weighted by Gasteiger charge is 2.42. The third-order valence-electron chi connectivity index (χ3n) is 3.95. The number of carbonyl (C=O) groups is 1. The number of carboxylic acids is 1. The Morgan fingerprint density at radius 2 is 2.19 bits per heavy atom. The number of carboxylic acid groups (broad SMARTS) is 1. The van der Waals surface area contributed by atoms with Crippen LogP contribution >= 0.6 is 22.9 Å². The number of aliphatic carboxylic acids is 1. The van der Waals surface area contributed by atoms with E-state index in [-0.39, 0.29) is 4.21 Å². The van der Waals surface area contributed by atoms with Crippen LogP contribution in [0.25, 0.3) is 0 Å². The highest BCUT2D eigenvalue weighted by Crippen LogP contribution is 2.49. The molecular weight excluding hydrogens is 334 g/mol. The van der Waals surface area contributed by atoms with Crippen LogP contribution in [0.2, 0.25) is 4.34 Å². The Bertz CT molecular complexity index is 710. The number of thiophene rings is 1. The summed E-state index contributed by atoms with van der Waals surface area (Å²) in [5.74, 6) is 0.00928. The van der Waals surface area contributed by atoms with E-state index in [2.05, 4.69) is 4.72 Å². The molecule has 3 atom stereocenters. The molecule has 2 aliphatic carbocycles. The molecule has 8 heteroatoms. The summed E-state index contributed by atoms with van der Waals surface area (Å²) in [7, 11) is -3.87. The number of nitrogens with one attached hydrogen (secondary N) is 1. The van der Waals surface area contributed by atoms with Gasteiger partial charge in [0.25, 0.3) is 10.0 Å². The Kier molecular flexibility index (Phi) is 3.85. The Hall–Kier alpha value is -0.890. The van der Waals surface area contributed by atoms with Gasteiger partial charge in [-0.25, -0.2) is 8.42 Å². The summed E-state index contributed by atoms with van der Waals surface area (Å²) < 4.78 is 27.2. The normalized spacial score (nSPS) is 25.9. The van der Waals surface area contributed by atoms with Crippen molar-refractivity contribution in [2.45, 2.75) is 29.5 Å². The Morgan fingerprint density at radius 1 is 1.43 bits per heavy atom. The van der Waals surface area contributed by atoms with Crippen LogP contribution in [0.1, 0.15) is 19.3 Å². The molecule has 0 saturated heterocycles. The zero-order valence-electron chi connectivity index (χ0n) is 11.0. The van der Waals surface area contributed by atoms with Gasteiger partial charge < -0.3 is 5.11 Å². The van der Waals surface area contributed by atoms with Crippen molar-refractivity contribution >= 4 is 38.9 Å². The number of rotatable bonds is 5. The van der Waals surface area contributed by atoms with Gasteiger partial charge in [0.2, 0.25) is 0 Å². The first-order valence-electron chi connectivity index (χ1n) is 6.56. The number of hydrogen-bond acceptors (Lipinski definition) is 4. The summed E-state index contributed by atoms with van der Waals surface area (Å²) in [5, 5.41) is 9.35. The lowest BCUT2D eigenvalue weighted by Gasteiger charge is -2.20. The molecule has 3 rings (SSSR count). The van der Waals surface area contributed by atoms with E-state index in [1.807, 2.05) is 6.08 Å². The molecule has 2 aliphatic rings. The monoisotopic (exact) mass is 347 g/mol. The second kappa shape index (κ2) is 5.39. The molecule has 0 amide bonds. The largest absolute Gasteiger partial charge is 0.480 e. The highest BCUT2D eigenvalue weighted by atomic mass is 35.5. The van der Waals surface area contributed by atoms with Crippen molar-refractivity contribution in [1.29, 1.82) is 0 Å². The van der Waals surface area contributed by atoms with Crippen molar-refractivity contribution in [1.82, 2.24) is 4.72 Å². The van der Waals surface area contributed by atoms with Gasteiger partial charge in [0, 0.05) is 0 Å². The number of sulfonamides is 1. The van der Waals surface area contributed by atoms with Gasteiger partial charge in [-0.2, -0.15) is 4.72 Å². The molecule has 1 fully saturated rings. The van der Waals surface area contributed by atoms with Gasteiger partial charge >= 0.3 is 5.97 Å². The second-order valence-corrected chi connectivity index (χ2v) is 9.08. The molecule has 2 unspecified atom stereocenters. The van der Waals surface area contributed by atoms with Crippen LogP contribution in [0, 0.1) is 11.8 Å². The molecule has 2 N–H and O–H groups in total. The van der Waals surface area contributed by atoms with Crippen LogP contribution in [-0.4, -0.2) is 25.5 Å². The fourth-order valence-corrected chi connectivity index (χ4v) is 5.41. The van der Waals surface area contributed by atoms with E-state index in [1.54, 1.807) is 0 Å². The number of fused-ring (bicyclic) bond motifs is 1. The van der Waals surface area contributed by atoms with E-state index in [1.165, 1.54) is 12.1 Å². The van der Waals surface area contributed by atoms with Gasteiger partial charge in [0.1, 0.15) is 10.3 Å². The Balaban J connectivity index is 1.82. The maximum atomic E-state index is 12.2. The average molecular weight is 348 g/mol. The minimum atomic E-state index is -3.87. The van der Waals surface area contributed by atoms with Gasteiger partial charge in [-0.1, -0.05) is 17.7 Å². The van der Waals surface area contributed by atoms with E-state index in [0.29, 0.717) is 28.2 Å². The van der Waals surface area contributed by atoms with Crippen LogP contribution in [0.4, 0.5) is 0 Å². The Morgan fingerprint density at radius 3 is 2.76 bits per heavy atom. The zero-order valence-corrected chi connectivity index (χ0v) is 13.3. The standard InChI is InChI=1S/C13H14ClNO4S2/c14-10-3-4-11(20-10)21(18,19)15-12(13(16)17)8-2-1-7-5-9(7)6-8/h2-4,7,9,12,15H,1,5-6H2,(H,16,17)/t7?,9?,12-/m1/s1. The molecule has 0 radical (unpaired) electrons. The van der Waals surface area contributed by atoms with Crippen LogP contribution < -0.4 is 4.72 Å². The maximum Gasteiger partial charge on any atom is 0.325 e. The molecule has 1 aromatic rings. The third-order valence-corrected chi connectivity index (χ3v) is 7.10. The van der Waals surface area contributed by atoms with Gasteiger partial charge in [-0.3, -0.25) is 4.79 Å². The first-order chi connectivity index (χ1) is 9.87. The fourth-order valence-electron chi connectivity index (χ4n) is 2.71. The SMILES string of the molecule is O=C(O)[C@H](NS(=O)(=O)c1ccc(Cl)s1)C1=CCC2CC2C1. The molecule has 0 aliphatic heterocycles. The van der Waals surface area contributed by atoms with Gasteiger partial charge in [-0.15, -0.1) is 11.3 Å². The number of hydrogen-bond donors (Lipinski definition) is 2. The lowest BCUT2D eigenvalue weighted by atomic mass is 9.94. The van der Waals surface area contributed by atoms with E-state index in [0.717, 1.165) is 24.2 Å². The minimum Gasteiger partial charge on any atom is -0.480 e. The van der Waals surface area contributed by atoms with E-state index in [4.69, 9.17) is 11.6 Å². The molecule has 5 nitrogen and oxygen atoms in total. The van der Waals surface area contributed by atoms with Gasteiger partial charge in [0.05, 0.1) is 4.34 Å². The van der Waals surface area contributed by atoms with Crippen molar-refractivity contribution in [2.24, 2.45) is 11.8 Å². The first kappa shape index (κ1) is 15.0. The van der Waals surface area contributed by atoms with Gasteiger partial charge in [0.15, 0.2) is 0 Å². The lowest BCUT2D eigenvalue weighted by molar-refractivity contribution is -0.138. The smallest absolute Gasteiger partial charge is 0.325 e. The molecule has 0 aromatic carbocycles. The quantitative estimate of drug-likeness (QED) is 0.801. The summed E-state index contributed by atoms with van der Waals surface area (Å²) in [4.78, 5) is 11.4. The molecule has 114 valence electrons. The third kappa shape index (κ3) is 3.15. The average Bonchev–Trinajstić information content (AvgIpc) is 3.06. The number of allylic oxidation sites excluding steroid dienone is 1. The van der Waals surface area contributed by atoms with Crippen molar-refractivity contribution in [2.75, 3.05) is 0 Å². The predicted octanol–water partition coefficient (Wildman–Crippen LogP) is 2.49. The van der Waals surface area contributed by atoms with E-state index >= 15 is 0 Å². The van der Waals surface area contributed by atoms with E-state index < -0.39 is 22.0 Å². The fraction of sp³-hybridized carbons (Fsp3) is 0.462. The molecule has 21 heavy (non-hydrogen) atoms. The lowest BCUT2D eigenvalue weighted by Crippen LogP contribution is -2.42. The van der Waals surface area contributed by atoms with Crippen LogP contribution in [0.5, 0.6) is 0 Å². The summed E-state index contributed by atoms with van der Waals surface area (Å²) in [6.45, 7) is 0. The summed E-state index contributed by atoms with van der Waals surface area (Å²) >= 11 is 6.64. The minimum absolute atomic E-state index is 0.0273. The molecular formula is C13H14ClNO4S2. The molecule has 0 spiro atoms.